The topological polar surface area (TPSA) is 17.1 Å². The number of carbonyl (C=O) groups excluding carboxylic acids is 1. The standard InChI is InChI=1S/C21H40BO/c1-3-5-6-7-8-9-10-11-12-13-14-15-16-17-18-19-20-22-21(23)4-2/h4H,2-3,5-20H2,1H3. The van der Waals surface area contributed by atoms with E-state index in [1.807, 2.05) is 0 Å². The van der Waals surface area contributed by atoms with Gasteiger partial charge >= 0.3 is 0 Å². The van der Waals surface area contributed by atoms with Gasteiger partial charge in [-0.25, -0.2) is 0 Å². The first-order chi connectivity index (χ1) is 11.3. The van der Waals surface area contributed by atoms with Gasteiger partial charge in [-0.1, -0.05) is 123 Å². The average molecular weight is 319 g/mol. The van der Waals surface area contributed by atoms with Gasteiger partial charge < -0.3 is 4.79 Å². The van der Waals surface area contributed by atoms with Crippen molar-refractivity contribution in [3.8, 4) is 0 Å². The molecule has 0 saturated heterocycles. The number of hydrogen-bond donors (Lipinski definition) is 0. The highest BCUT2D eigenvalue weighted by Crippen LogP contribution is 2.13. The zero-order valence-corrected chi connectivity index (χ0v) is 15.8. The molecule has 0 spiro atoms. The average Bonchev–Trinajstić information content (AvgIpc) is 2.57. The van der Waals surface area contributed by atoms with E-state index in [-0.39, 0.29) is 5.68 Å². The highest BCUT2D eigenvalue weighted by atomic mass is 16.1. The van der Waals surface area contributed by atoms with Crippen LogP contribution in [0.2, 0.25) is 6.32 Å². The van der Waals surface area contributed by atoms with Gasteiger partial charge in [-0.05, 0) is 6.08 Å². The molecule has 0 aliphatic rings. The fourth-order valence-corrected chi connectivity index (χ4v) is 3.02. The lowest BCUT2D eigenvalue weighted by Crippen LogP contribution is -2.03. The SMILES string of the molecule is C=CC(=O)[B]CCCCCCCCCCCCCCCCCC. The lowest BCUT2D eigenvalue weighted by atomic mass is 9.68. The van der Waals surface area contributed by atoms with E-state index in [1.54, 1.807) is 7.28 Å². The third-order valence-corrected chi connectivity index (χ3v) is 4.60. The van der Waals surface area contributed by atoms with E-state index in [0.717, 1.165) is 12.7 Å². The molecular weight excluding hydrogens is 279 g/mol. The number of rotatable bonds is 19. The number of carbonyl (C=O) groups is 1. The fourth-order valence-electron chi connectivity index (χ4n) is 3.02. The molecule has 0 N–H and O–H groups in total. The quantitative estimate of drug-likeness (QED) is 0.141. The molecule has 0 heterocycles. The first-order valence-corrected chi connectivity index (χ1v) is 10.3. The Morgan fingerprint density at radius 2 is 1.04 bits per heavy atom. The van der Waals surface area contributed by atoms with Gasteiger partial charge in [0.1, 0.15) is 5.68 Å². The van der Waals surface area contributed by atoms with E-state index in [2.05, 4.69) is 13.5 Å². The molecule has 0 unspecified atom stereocenters. The summed E-state index contributed by atoms with van der Waals surface area (Å²) in [4.78, 5) is 11.0. The molecule has 0 aromatic heterocycles. The Hall–Kier alpha value is -0.525. The van der Waals surface area contributed by atoms with Crippen molar-refractivity contribution in [2.45, 2.75) is 116 Å². The number of hydrogen-bond acceptors (Lipinski definition) is 1. The van der Waals surface area contributed by atoms with E-state index in [0.29, 0.717) is 0 Å². The molecule has 0 bridgehead atoms. The predicted octanol–water partition coefficient (Wildman–Crippen LogP) is 7.08. The minimum absolute atomic E-state index is 0.0750. The van der Waals surface area contributed by atoms with Crippen LogP contribution in [-0.2, 0) is 4.79 Å². The molecule has 0 aromatic rings. The van der Waals surface area contributed by atoms with Crippen LogP contribution >= 0.6 is 0 Å². The van der Waals surface area contributed by atoms with Crippen molar-refractivity contribution in [2.24, 2.45) is 0 Å². The Morgan fingerprint density at radius 1 is 0.696 bits per heavy atom. The van der Waals surface area contributed by atoms with Gasteiger partial charge in [0.05, 0.1) is 0 Å². The largest absolute Gasteiger partial charge is 0.307 e. The van der Waals surface area contributed by atoms with Crippen molar-refractivity contribution < 1.29 is 4.79 Å². The number of allylic oxidation sites excluding steroid dienone is 1. The van der Waals surface area contributed by atoms with Gasteiger partial charge in [-0.2, -0.15) is 0 Å². The Morgan fingerprint density at radius 3 is 1.39 bits per heavy atom. The molecule has 0 saturated carbocycles. The van der Waals surface area contributed by atoms with Crippen LogP contribution in [0.15, 0.2) is 12.7 Å². The van der Waals surface area contributed by atoms with Crippen LogP contribution in [0, 0.1) is 0 Å². The molecule has 0 amide bonds. The van der Waals surface area contributed by atoms with Crippen LogP contribution in [0.3, 0.4) is 0 Å². The van der Waals surface area contributed by atoms with Crippen molar-refractivity contribution in [3.63, 3.8) is 0 Å². The summed E-state index contributed by atoms with van der Waals surface area (Å²) in [7, 11) is 1.76. The van der Waals surface area contributed by atoms with Crippen LogP contribution < -0.4 is 0 Å². The van der Waals surface area contributed by atoms with Crippen molar-refractivity contribution >= 4 is 13.0 Å². The minimum atomic E-state index is 0.0750. The summed E-state index contributed by atoms with van der Waals surface area (Å²) < 4.78 is 0. The first kappa shape index (κ1) is 22.5. The molecule has 23 heavy (non-hydrogen) atoms. The molecule has 0 fully saturated rings. The fraction of sp³-hybridized carbons (Fsp3) is 0.857. The predicted molar refractivity (Wildman–Crippen MR) is 105 cm³/mol. The highest BCUT2D eigenvalue weighted by molar-refractivity contribution is 6.76. The summed E-state index contributed by atoms with van der Waals surface area (Å²) in [5, 5.41) is 0. The van der Waals surface area contributed by atoms with Gasteiger partial charge in [0.25, 0.3) is 0 Å². The second kappa shape index (κ2) is 19.5. The normalized spacial score (nSPS) is 10.7. The Balaban J connectivity index is 3.00. The summed E-state index contributed by atoms with van der Waals surface area (Å²) in [6.07, 6.45) is 24.6. The zero-order chi connectivity index (χ0) is 17.0. The minimum Gasteiger partial charge on any atom is -0.307 e. The Bertz CT molecular complexity index is 263. The Labute approximate surface area is 146 Å². The molecule has 0 aromatic carbocycles. The van der Waals surface area contributed by atoms with Crippen molar-refractivity contribution in [2.75, 3.05) is 0 Å². The summed E-state index contributed by atoms with van der Waals surface area (Å²) in [6.45, 7) is 5.76. The van der Waals surface area contributed by atoms with Gasteiger partial charge in [0.15, 0.2) is 0 Å². The first-order valence-electron chi connectivity index (χ1n) is 10.3. The van der Waals surface area contributed by atoms with E-state index in [1.165, 1.54) is 102 Å². The number of unbranched alkanes of at least 4 members (excludes halogenated alkanes) is 15. The molecule has 2 heteroatoms. The lowest BCUT2D eigenvalue weighted by molar-refractivity contribution is -0.108. The molecular formula is C21H40BO. The van der Waals surface area contributed by atoms with E-state index in [4.69, 9.17) is 0 Å². The summed E-state index contributed by atoms with van der Waals surface area (Å²) in [6, 6.07) is 0. The smallest absolute Gasteiger partial charge is 0.208 e. The lowest BCUT2D eigenvalue weighted by Gasteiger charge is -2.03. The maximum Gasteiger partial charge on any atom is 0.208 e. The molecule has 0 aliphatic heterocycles. The molecule has 1 radical (unpaired) electrons. The van der Waals surface area contributed by atoms with Gasteiger partial charge in [-0.3, -0.25) is 0 Å². The monoisotopic (exact) mass is 319 g/mol. The zero-order valence-electron chi connectivity index (χ0n) is 15.8. The van der Waals surface area contributed by atoms with E-state index < -0.39 is 0 Å². The maximum atomic E-state index is 11.0. The molecule has 0 rings (SSSR count). The van der Waals surface area contributed by atoms with Crippen LogP contribution in [0.5, 0.6) is 0 Å². The summed E-state index contributed by atoms with van der Waals surface area (Å²) in [5.74, 6) is 0. The molecule has 1 nitrogen and oxygen atoms in total. The van der Waals surface area contributed by atoms with Crippen LogP contribution in [0.25, 0.3) is 0 Å². The van der Waals surface area contributed by atoms with Gasteiger partial charge in [0.2, 0.25) is 7.28 Å². The van der Waals surface area contributed by atoms with Gasteiger partial charge in [0, 0.05) is 0 Å². The maximum absolute atomic E-state index is 11.0. The third-order valence-electron chi connectivity index (χ3n) is 4.60. The molecule has 0 aliphatic carbocycles. The molecule has 0 atom stereocenters. The Kier molecular flexibility index (Phi) is 19.1. The van der Waals surface area contributed by atoms with Crippen LogP contribution in [0.4, 0.5) is 0 Å². The highest BCUT2D eigenvalue weighted by Gasteiger charge is 1.98. The molecule has 133 valence electrons. The van der Waals surface area contributed by atoms with E-state index in [9.17, 15) is 4.79 Å². The van der Waals surface area contributed by atoms with Crippen LogP contribution in [0.1, 0.15) is 110 Å². The van der Waals surface area contributed by atoms with Crippen LogP contribution in [-0.4, -0.2) is 13.0 Å². The summed E-state index contributed by atoms with van der Waals surface area (Å²) >= 11 is 0. The summed E-state index contributed by atoms with van der Waals surface area (Å²) in [5.41, 5.74) is 0.0750. The second-order valence-corrected chi connectivity index (χ2v) is 6.90. The van der Waals surface area contributed by atoms with Crippen molar-refractivity contribution in [3.05, 3.63) is 12.7 Å². The third kappa shape index (κ3) is 19.4. The second-order valence-electron chi connectivity index (χ2n) is 6.90. The van der Waals surface area contributed by atoms with Crippen molar-refractivity contribution in [1.29, 1.82) is 0 Å². The van der Waals surface area contributed by atoms with Crippen molar-refractivity contribution in [1.82, 2.24) is 0 Å². The van der Waals surface area contributed by atoms with Gasteiger partial charge in [-0.15, -0.1) is 0 Å². The van der Waals surface area contributed by atoms with E-state index >= 15 is 0 Å².